The van der Waals surface area contributed by atoms with Gasteiger partial charge in [0.25, 0.3) is 5.91 Å². The summed E-state index contributed by atoms with van der Waals surface area (Å²) < 4.78 is 5.02. The summed E-state index contributed by atoms with van der Waals surface area (Å²) in [6.45, 7) is 2.18. The summed E-state index contributed by atoms with van der Waals surface area (Å²) in [7, 11) is 1.71. The fourth-order valence-electron chi connectivity index (χ4n) is 2.30. The van der Waals surface area contributed by atoms with Gasteiger partial charge in [-0.2, -0.15) is 5.10 Å². The maximum Gasteiger partial charge on any atom is 0.257 e. The second-order valence-electron chi connectivity index (χ2n) is 5.26. The molecule has 0 saturated carbocycles. The van der Waals surface area contributed by atoms with Gasteiger partial charge in [-0.25, -0.2) is 0 Å². The molecule has 2 aromatic heterocycles. The Balaban J connectivity index is 1.82. The van der Waals surface area contributed by atoms with Gasteiger partial charge in [-0.1, -0.05) is 28.9 Å². The molecule has 1 amide bonds. The van der Waals surface area contributed by atoms with Gasteiger partial charge >= 0.3 is 0 Å². The van der Waals surface area contributed by atoms with E-state index in [-0.39, 0.29) is 5.91 Å². The molecule has 0 radical (unpaired) electrons. The molecule has 0 aliphatic heterocycles. The third-order valence-corrected chi connectivity index (χ3v) is 3.68. The molecule has 0 unspecified atom stereocenters. The van der Waals surface area contributed by atoms with Gasteiger partial charge < -0.3 is 9.42 Å². The lowest BCUT2D eigenvalue weighted by Crippen LogP contribution is -2.26. The van der Waals surface area contributed by atoms with Crippen molar-refractivity contribution in [3.8, 4) is 11.3 Å². The van der Waals surface area contributed by atoms with Gasteiger partial charge in [0.15, 0.2) is 0 Å². The van der Waals surface area contributed by atoms with Crippen molar-refractivity contribution in [2.45, 2.75) is 13.5 Å². The molecule has 118 valence electrons. The molecular weight excluding hydrogens is 316 g/mol. The molecule has 0 bridgehead atoms. The summed E-state index contributed by atoms with van der Waals surface area (Å²) in [5.74, 6) is 0.565. The summed E-state index contributed by atoms with van der Waals surface area (Å²) in [5.41, 5.74) is 2.71. The van der Waals surface area contributed by atoms with Gasteiger partial charge in [-0.15, -0.1) is 0 Å². The molecule has 3 aromatic rings. The monoisotopic (exact) mass is 330 g/mol. The number of aryl methyl sites for hydroxylation is 1. The highest BCUT2D eigenvalue weighted by atomic mass is 35.5. The number of carbonyl (C=O) groups is 1. The number of halogens is 1. The second kappa shape index (κ2) is 6.26. The Bertz CT molecular complexity index is 823. The lowest BCUT2D eigenvalue weighted by Gasteiger charge is -2.15. The Morgan fingerprint density at radius 1 is 1.35 bits per heavy atom. The van der Waals surface area contributed by atoms with Crippen LogP contribution < -0.4 is 0 Å². The highest BCUT2D eigenvalue weighted by Gasteiger charge is 2.20. The quantitative estimate of drug-likeness (QED) is 0.796. The average Bonchev–Trinajstić information content (AvgIpc) is 3.16. The van der Waals surface area contributed by atoms with Gasteiger partial charge in [0.05, 0.1) is 24.0 Å². The largest absolute Gasteiger partial charge is 0.361 e. The fourth-order valence-corrected chi connectivity index (χ4v) is 2.42. The average molecular weight is 331 g/mol. The van der Waals surface area contributed by atoms with E-state index >= 15 is 0 Å². The third-order valence-electron chi connectivity index (χ3n) is 3.43. The van der Waals surface area contributed by atoms with Crippen LogP contribution in [0.15, 0.2) is 41.1 Å². The lowest BCUT2D eigenvalue weighted by atomic mass is 10.1. The number of benzene rings is 1. The fraction of sp³-hybridized carbons (Fsp3) is 0.188. The van der Waals surface area contributed by atoms with Crippen LogP contribution in [0, 0.1) is 6.92 Å². The number of aromatic nitrogens is 3. The Hall–Kier alpha value is -2.60. The van der Waals surface area contributed by atoms with Crippen molar-refractivity contribution in [2.75, 3.05) is 7.05 Å². The van der Waals surface area contributed by atoms with Gasteiger partial charge in [-0.05, 0) is 19.1 Å². The molecule has 23 heavy (non-hydrogen) atoms. The first kappa shape index (κ1) is 15.3. The summed E-state index contributed by atoms with van der Waals surface area (Å²) in [4.78, 5) is 14.2. The minimum Gasteiger partial charge on any atom is -0.361 e. The summed E-state index contributed by atoms with van der Waals surface area (Å²) in [6.07, 6.45) is 1.52. The van der Waals surface area contributed by atoms with E-state index in [0.29, 0.717) is 34.3 Å². The molecule has 7 heteroatoms. The van der Waals surface area contributed by atoms with E-state index in [2.05, 4.69) is 15.4 Å². The van der Waals surface area contributed by atoms with Crippen LogP contribution in [0.3, 0.4) is 0 Å². The first-order valence-corrected chi connectivity index (χ1v) is 7.39. The first-order chi connectivity index (χ1) is 11.0. The van der Waals surface area contributed by atoms with E-state index in [4.69, 9.17) is 16.1 Å². The van der Waals surface area contributed by atoms with Gasteiger partial charge in [0.1, 0.15) is 11.5 Å². The Labute approximate surface area is 138 Å². The van der Waals surface area contributed by atoms with Gasteiger partial charge in [0.2, 0.25) is 0 Å². The molecule has 6 nitrogen and oxygen atoms in total. The van der Waals surface area contributed by atoms with Crippen LogP contribution in [0.25, 0.3) is 11.3 Å². The SMILES string of the molecule is Cc1cc(CN(C)C(=O)c2cn[nH]c2-c2ccc(Cl)cc2)no1. The lowest BCUT2D eigenvalue weighted by molar-refractivity contribution is 0.0783. The number of hydrogen-bond donors (Lipinski definition) is 1. The van der Waals surface area contributed by atoms with Crippen LogP contribution in [0.4, 0.5) is 0 Å². The third kappa shape index (κ3) is 3.27. The zero-order chi connectivity index (χ0) is 16.4. The van der Waals surface area contributed by atoms with E-state index in [9.17, 15) is 4.79 Å². The molecule has 0 aliphatic carbocycles. The molecule has 1 N–H and O–H groups in total. The summed E-state index contributed by atoms with van der Waals surface area (Å²) in [5, 5.41) is 11.4. The number of carbonyl (C=O) groups excluding carboxylic acids is 1. The van der Waals surface area contributed by atoms with Crippen molar-refractivity contribution in [3.05, 3.63) is 58.6 Å². The maximum absolute atomic E-state index is 12.7. The minimum atomic E-state index is -0.149. The zero-order valence-corrected chi connectivity index (χ0v) is 13.5. The van der Waals surface area contributed by atoms with Crippen LogP contribution in [0.2, 0.25) is 5.02 Å². The van der Waals surface area contributed by atoms with Crippen LogP contribution in [-0.4, -0.2) is 33.2 Å². The van der Waals surface area contributed by atoms with Crippen molar-refractivity contribution in [2.24, 2.45) is 0 Å². The minimum absolute atomic E-state index is 0.149. The Morgan fingerprint density at radius 3 is 2.74 bits per heavy atom. The predicted octanol–water partition coefficient (Wildman–Crippen LogP) is 3.30. The van der Waals surface area contributed by atoms with E-state index in [0.717, 1.165) is 5.56 Å². The normalized spacial score (nSPS) is 10.7. The Morgan fingerprint density at radius 2 is 2.09 bits per heavy atom. The standard InChI is InChI=1S/C16H15ClN4O2/c1-10-7-13(20-23-10)9-21(2)16(22)14-8-18-19-15(14)11-3-5-12(17)6-4-11/h3-8H,9H2,1-2H3,(H,18,19). The van der Waals surface area contributed by atoms with E-state index < -0.39 is 0 Å². The highest BCUT2D eigenvalue weighted by Crippen LogP contribution is 2.24. The van der Waals surface area contributed by atoms with Crippen molar-refractivity contribution in [3.63, 3.8) is 0 Å². The highest BCUT2D eigenvalue weighted by molar-refractivity contribution is 6.30. The summed E-state index contributed by atoms with van der Waals surface area (Å²) in [6, 6.07) is 9.03. The maximum atomic E-state index is 12.7. The molecular formula is C16H15ClN4O2. The molecule has 0 saturated heterocycles. The molecule has 2 heterocycles. The predicted molar refractivity (Wildman–Crippen MR) is 86.1 cm³/mol. The number of rotatable bonds is 4. The number of nitrogens with one attached hydrogen (secondary N) is 1. The topological polar surface area (TPSA) is 75.0 Å². The van der Waals surface area contributed by atoms with Crippen LogP contribution >= 0.6 is 11.6 Å². The Kier molecular flexibility index (Phi) is 4.16. The number of hydrogen-bond acceptors (Lipinski definition) is 4. The van der Waals surface area contributed by atoms with Crippen LogP contribution in [0.1, 0.15) is 21.8 Å². The number of amides is 1. The number of nitrogens with zero attached hydrogens (tertiary/aromatic N) is 3. The van der Waals surface area contributed by atoms with E-state index in [1.54, 1.807) is 30.1 Å². The van der Waals surface area contributed by atoms with Crippen molar-refractivity contribution in [1.82, 2.24) is 20.3 Å². The molecule has 0 aliphatic rings. The molecule has 1 aromatic carbocycles. The number of aromatic amines is 1. The smallest absolute Gasteiger partial charge is 0.257 e. The van der Waals surface area contributed by atoms with Crippen molar-refractivity contribution < 1.29 is 9.32 Å². The molecule has 0 spiro atoms. The van der Waals surface area contributed by atoms with Crippen LogP contribution in [0.5, 0.6) is 0 Å². The molecule has 0 atom stereocenters. The van der Waals surface area contributed by atoms with E-state index in [1.165, 1.54) is 6.20 Å². The number of H-pyrrole nitrogens is 1. The summed E-state index contributed by atoms with van der Waals surface area (Å²) >= 11 is 5.90. The first-order valence-electron chi connectivity index (χ1n) is 7.01. The van der Waals surface area contributed by atoms with E-state index in [1.807, 2.05) is 19.1 Å². The van der Waals surface area contributed by atoms with Gasteiger partial charge in [0, 0.05) is 23.7 Å². The second-order valence-corrected chi connectivity index (χ2v) is 5.69. The molecule has 3 rings (SSSR count). The van der Waals surface area contributed by atoms with Crippen LogP contribution in [-0.2, 0) is 6.54 Å². The zero-order valence-electron chi connectivity index (χ0n) is 12.7. The van der Waals surface area contributed by atoms with Crippen molar-refractivity contribution in [1.29, 1.82) is 0 Å². The van der Waals surface area contributed by atoms with Gasteiger partial charge in [-0.3, -0.25) is 9.89 Å². The molecule has 0 fully saturated rings. The van der Waals surface area contributed by atoms with Crippen molar-refractivity contribution >= 4 is 17.5 Å².